The van der Waals surface area contributed by atoms with Crippen LogP contribution < -0.4 is 4.74 Å². The second-order valence-corrected chi connectivity index (χ2v) is 2.00. The zero-order valence-corrected chi connectivity index (χ0v) is 9.98. The summed E-state index contributed by atoms with van der Waals surface area (Å²) in [6.07, 6.45) is 0. The van der Waals surface area contributed by atoms with E-state index in [1.165, 1.54) is 0 Å². The molecule has 3 nitrogen and oxygen atoms in total. The molecule has 0 aliphatic rings. The summed E-state index contributed by atoms with van der Waals surface area (Å²) in [4.78, 5) is 10.0. The van der Waals surface area contributed by atoms with Crippen molar-refractivity contribution in [2.75, 3.05) is 6.61 Å². The van der Waals surface area contributed by atoms with Crippen LogP contribution >= 0.6 is 0 Å². The molecule has 1 rings (SSSR count). The van der Waals surface area contributed by atoms with Gasteiger partial charge in [0.15, 0.2) is 6.61 Å². The molecular weight excluding hydrogens is 183 g/mol. The number of carboxylic acid groups (broad SMARTS) is 1. The summed E-state index contributed by atoms with van der Waals surface area (Å²) in [6.45, 7) is -0.288. The zero-order valence-electron chi connectivity index (χ0n) is 6.86. The fourth-order valence-electron chi connectivity index (χ4n) is 0.662. The second-order valence-electron chi connectivity index (χ2n) is 2.00. The first kappa shape index (κ1) is 12.1. The van der Waals surface area contributed by atoms with E-state index in [-0.39, 0.29) is 58.0 Å². The minimum Gasteiger partial charge on any atom is -0.482 e. The van der Waals surface area contributed by atoms with E-state index in [0.29, 0.717) is 5.75 Å². The Labute approximate surface area is 113 Å². The minimum absolute atomic E-state index is 0. The molecular formula is C8H8KO3. The third kappa shape index (κ3) is 4.90. The fourth-order valence-corrected chi connectivity index (χ4v) is 0.662. The fraction of sp³-hybridized carbons (Fsp3) is 0.125. The van der Waals surface area contributed by atoms with Crippen LogP contribution in [0.3, 0.4) is 0 Å². The summed E-state index contributed by atoms with van der Waals surface area (Å²) in [5.74, 6) is -0.385. The van der Waals surface area contributed by atoms with Crippen LogP contribution in [0.4, 0.5) is 0 Å². The van der Waals surface area contributed by atoms with Gasteiger partial charge in [-0.2, -0.15) is 0 Å². The quantitative estimate of drug-likeness (QED) is 0.718. The summed E-state index contributed by atoms with van der Waals surface area (Å²) >= 11 is 0. The van der Waals surface area contributed by atoms with E-state index in [0.717, 1.165) is 0 Å². The van der Waals surface area contributed by atoms with Gasteiger partial charge in [0.2, 0.25) is 0 Å². The van der Waals surface area contributed by atoms with Crippen molar-refractivity contribution >= 4 is 57.4 Å². The Morgan fingerprint density at radius 1 is 1.33 bits per heavy atom. The maximum atomic E-state index is 10.0. The van der Waals surface area contributed by atoms with Gasteiger partial charge in [0, 0.05) is 51.4 Å². The molecule has 0 saturated heterocycles. The average molecular weight is 191 g/mol. The summed E-state index contributed by atoms with van der Waals surface area (Å²) in [5.41, 5.74) is 0. The first-order valence-electron chi connectivity index (χ1n) is 3.18. The number of carbonyl (C=O) groups is 1. The standard InChI is InChI=1S/C8H8O3.K/c9-8(10)6-11-7-4-2-1-3-5-7;/h1-5H,6H2,(H,9,10);. The molecule has 0 heterocycles. The predicted molar refractivity (Wildman–Crippen MR) is 45.3 cm³/mol. The minimum atomic E-state index is -0.964. The third-order valence-electron chi connectivity index (χ3n) is 1.11. The summed E-state index contributed by atoms with van der Waals surface area (Å²) in [5, 5.41) is 8.25. The molecule has 59 valence electrons. The Kier molecular flexibility index (Phi) is 6.69. The molecule has 0 amide bonds. The van der Waals surface area contributed by atoms with Crippen molar-refractivity contribution in [2.24, 2.45) is 0 Å². The summed E-state index contributed by atoms with van der Waals surface area (Å²) in [7, 11) is 0. The molecule has 0 saturated carbocycles. The van der Waals surface area contributed by atoms with Crippen LogP contribution in [0.15, 0.2) is 30.3 Å². The van der Waals surface area contributed by atoms with Gasteiger partial charge in [-0.15, -0.1) is 0 Å². The van der Waals surface area contributed by atoms with Gasteiger partial charge in [-0.3, -0.25) is 0 Å². The van der Waals surface area contributed by atoms with Crippen LogP contribution in [0, 0.1) is 0 Å². The van der Waals surface area contributed by atoms with E-state index in [9.17, 15) is 4.79 Å². The number of benzene rings is 1. The molecule has 1 aromatic carbocycles. The molecule has 0 aliphatic heterocycles. The van der Waals surface area contributed by atoms with Crippen molar-refractivity contribution in [3.05, 3.63) is 30.3 Å². The van der Waals surface area contributed by atoms with E-state index in [1.54, 1.807) is 24.3 Å². The van der Waals surface area contributed by atoms with Gasteiger partial charge in [0.1, 0.15) is 5.75 Å². The van der Waals surface area contributed by atoms with E-state index in [2.05, 4.69) is 0 Å². The van der Waals surface area contributed by atoms with E-state index < -0.39 is 5.97 Å². The van der Waals surface area contributed by atoms with Gasteiger partial charge in [-0.25, -0.2) is 4.79 Å². The Bertz CT molecular complexity index is 235. The van der Waals surface area contributed by atoms with Crippen LogP contribution in [-0.4, -0.2) is 69.1 Å². The number of rotatable bonds is 3. The van der Waals surface area contributed by atoms with E-state index >= 15 is 0 Å². The van der Waals surface area contributed by atoms with Crippen LogP contribution in [0.2, 0.25) is 0 Å². The number of para-hydroxylation sites is 1. The van der Waals surface area contributed by atoms with Crippen LogP contribution in [0.1, 0.15) is 0 Å². The molecule has 0 bridgehead atoms. The SMILES string of the molecule is O=C(O)COc1ccccc1.[K]. The first-order valence-corrected chi connectivity index (χ1v) is 3.18. The molecule has 12 heavy (non-hydrogen) atoms. The van der Waals surface area contributed by atoms with Crippen molar-refractivity contribution in [1.29, 1.82) is 0 Å². The third-order valence-corrected chi connectivity index (χ3v) is 1.11. The van der Waals surface area contributed by atoms with Gasteiger partial charge < -0.3 is 9.84 Å². The average Bonchev–Trinajstić information content (AvgIpc) is 2.03. The Hall–Kier alpha value is 0.126. The van der Waals surface area contributed by atoms with Crippen molar-refractivity contribution in [3.63, 3.8) is 0 Å². The summed E-state index contributed by atoms with van der Waals surface area (Å²) in [6, 6.07) is 8.84. The molecule has 0 unspecified atom stereocenters. The molecule has 1 radical (unpaired) electrons. The van der Waals surface area contributed by atoms with Gasteiger partial charge in [0.05, 0.1) is 0 Å². The molecule has 0 aliphatic carbocycles. The van der Waals surface area contributed by atoms with Crippen molar-refractivity contribution in [2.45, 2.75) is 0 Å². The van der Waals surface area contributed by atoms with Gasteiger partial charge >= 0.3 is 5.97 Å². The first-order chi connectivity index (χ1) is 5.29. The van der Waals surface area contributed by atoms with Gasteiger partial charge in [-0.1, -0.05) is 18.2 Å². The van der Waals surface area contributed by atoms with E-state index in [1.807, 2.05) is 6.07 Å². The number of hydrogen-bond donors (Lipinski definition) is 1. The van der Waals surface area contributed by atoms with Crippen LogP contribution in [0.5, 0.6) is 5.75 Å². The monoisotopic (exact) mass is 191 g/mol. The number of carboxylic acids is 1. The largest absolute Gasteiger partial charge is 0.482 e. The molecule has 0 aromatic heterocycles. The molecule has 0 atom stereocenters. The Morgan fingerprint density at radius 2 is 1.92 bits per heavy atom. The maximum absolute atomic E-state index is 10.0. The number of hydrogen-bond acceptors (Lipinski definition) is 2. The number of ether oxygens (including phenoxy) is 1. The second kappa shape index (κ2) is 6.62. The van der Waals surface area contributed by atoms with Crippen LogP contribution in [-0.2, 0) is 4.79 Å². The number of aliphatic carboxylic acids is 1. The molecule has 0 spiro atoms. The van der Waals surface area contributed by atoms with Crippen molar-refractivity contribution in [3.8, 4) is 5.75 Å². The van der Waals surface area contributed by atoms with Crippen molar-refractivity contribution in [1.82, 2.24) is 0 Å². The molecule has 1 N–H and O–H groups in total. The van der Waals surface area contributed by atoms with Gasteiger partial charge in [-0.05, 0) is 12.1 Å². The molecule has 0 fully saturated rings. The van der Waals surface area contributed by atoms with Gasteiger partial charge in [0.25, 0.3) is 0 Å². The maximum Gasteiger partial charge on any atom is 0.341 e. The topological polar surface area (TPSA) is 46.5 Å². The Morgan fingerprint density at radius 3 is 2.42 bits per heavy atom. The summed E-state index contributed by atoms with van der Waals surface area (Å²) < 4.78 is 4.87. The Balaban J connectivity index is 0.00000121. The smallest absolute Gasteiger partial charge is 0.341 e. The predicted octanol–water partition coefficient (Wildman–Crippen LogP) is 0.769. The van der Waals surface area contributed by atoms with Crippen molar-refractivity contribution < 1.29 is 14.6 Å². The molecule has 4 heteroatoms. The van der Waals surface area contributed by atoms with Crippen LogP contribution in [0.25, 0.3) is 0 Å². The zero-order chi connectivity index (χ0) is 8.10. The molecule has 1 aromatic rings. The van der Waals surface area contributed by atoms with E-state index in [4.69, 9.17) is 9.84 Å². The normalized spacial score (nSPS) is 8.33.